The van der Waals surface area contributed by atoms with Crippen molar-refractivity contribution in [3.63, 3.8) is 0 Å². The molecule has 0 aliphatic carbocycles. The quantitative estimate of drug-likeness (QED) is 0.0710. The molecule has 1 saturated heterocycles. The molecule has 0 aromatic heterocycles. The van der Waals surface area contributed by atoms with Crippen LogP contribution in [0, 0.1) is 11.8 Å². The second kappa shape index (κ2) is 18.5. The van der Waals surface area contributed by atoms with Gasteiger partial charge in [-0.3, -0.25) is 13.4 Å². The van der Waals surface area contributed by atoms with E-state index in [9.17, 15) is 21.6 Å². The largest absolute Gasteiger partial charge is 0.397 e. The van der Waals surface area contributed by atoms with E-state index in [1.54, 1.807) is 35.3 Å². The number of hydrogen-bond donors (Lipinski definition) is 3. The van der Waals surface area contributed by atoms with Gasteiger partial charge < -0.3 is 20.8 Å². The molecule has 0 spiro atoms. The number of ether oxygens (including phenoxy) is 1. The fourth-order valence-electron chi connectivity index (χ4n) is 6.84. The van der Waals surface area contributed by atoms with Crippen molar-refractivity contribution in [2.45, 2.75) is 76.5 Å². The normalized spacial score (nSPS) is 14.4. The molecule has 0 atom stereocenters. The molecule has 2 aliphatic rings. The maximum Gasteiger partial charge on any atom is 0.264 e. The van der Waals surface area contributed by atoms with E-state index < -0.39 is 20.0 Å². The minimum absolute atomic E-state index is 0.108. The number of anilines is 5. The van der Waals surface area contributed by atoms with E-state index in [0.29, 0.717) is 54.0 Å². The molecule has 56 heavy (non-hydrogen) atoms. The fourth-order valence-corrected chi connectivity index (χ4v) is 10.0. The number of nitrogens with one attached hydrogen (secondary N) is 1. The highest BCUT2D eigenvalue weighted by atomic mass is 32.2. The third-order valence-corrected chi connectivity index (χ3v) is 13.8. The molecule has 1 fully saturated rings. The number of benzene rings is 4. The molecular weight excluding hydrogens is 749 g/mol. The number of nitrogens with zero attached hydrogens (tertiary/aromatic N) is 3. The number of aryl methyl sites for hydroxylation is 2. The summed E-state index contributed by atoms with van der Waals surface area (Å²) < 4.78 is 61.5. The Balaban J connectivity index is 0.000000216. The maximum absolute atomic E-state index is 13.3. The molecule has 4 aromatic rings. The Hall–Kier alpha value is -4.63. The number of hydrazine groups is 1. The highest BCUT2D eigenvalue weighted by molar-refractivity contribution is 7.93. The van der Waals surface area contributed by atoms with Gasteiger partial charge >= 0.3 is 0 Å². The lowest BCUT2D eigenvalue weighted by Crippen LogP contribution is -2.38. The van der Waals surface area contributed by atoms with Gasteiger partial charge in [-0.25, -0.2) is 22.7 Å². The molecule has 0 saturated carbocycles. The Kier molecular flexibility index (Phi) is 14.1. The Morgan fingerprint density at radius 1 is 0.768 bits per heavy atom. The van der Waals surface area contributed by atoms with Crippen molar-refractivity contribution in [2.24, 2.45) is 17.7 Å². The van der Waals surface area contributed by atoms with Gasteiger partial charge in [-0.1, -0.05) is 52.0 Å². The molecule has 0 bridgehead atoms. The van der Waals surface area contributed by atoms with Crippen molar-refractivity contribution in [3.05, 3.63) is 102 Å². The van der Waals surface area contributed by atoms with Crippen LogP contribution in [0.3, 0.4) is 0 Å². The number of nitrogens with two attached hydrogens (primary N) is 2. The maximum atomic E-state index is 13.3. The predicted molar refractivity (Wildman–Crippen MR) is 226 cm³/mol. The van der Waals surface area contributed by atoms with Crippen molar-refractivity contribution in [3.8, 4) is 0 Å². The van der Waals surface area contributed by atoms with Crippen LogP contribution in [-0.2, 0) is 48.8 Å². The number of nitrogen functional groups attached to an aromatic ring is 1. The molecule has 5 N–H and O–H groups in total. The number of sulfonamides is 2. The summed E-state index contributed by atoms with van der Waals surface area (Å²) in [4.78, 5) is 11.9. The van der Waals surface area contributed by atoms with Gasteiger partial charge in [0, 0.05) is 38.5 Å². The van der Waals surface area contributed by atoms with E-state index in [2.05, 4.69) is 19.2 Å². The average Bonchev–Trinajstić information content (AvgIpc) is 3.57. The second-order valence-corrected chi connectivity index (χ2v) is 18.3. The monoisotopic (exact) mass is 804 g/mol. The minimum atomic E-state index is -3.74. The molecule has 12 nitrogen and oxygen atoms in total. The smallest absolute Gasteiger partial charge is 0.264 e. The first-order chi connectivity index (χ1) is 26.7. The summed E-state index contributed by atoms with van der Waals surface area (Å²) in [5.74, 6) is 6.75. The summed E-state index contributed by atoms with van der Waals surface area (Å²) in [5.41, 5.74) is 12.2. The number of amides is 1. The fraction of sp³-hybridized carbons (Fsp3) is 0.405. The van der Waals surface area contributed by atoms with Crippen LogP contribution in [0.4, 0.5) is 28.4 Å². The summed E-state index contributed by atoms with van der Waals surface area (Å²) in [5, 5.41) is 4.35. The molecule has 14 heteroatoms. The van der Waals surface area contributed by atoms with Gasteiger partial charge in [0.15, 0.2) is 0 Å². The lowest BCUT2D eigenvalue weighted by Gasteiger charge is -2.29. The van der Waals surface area contributed by atoms with E-state index in [0.717, 1.165) is 55.6 Å². The number of rotatable bonds is 14. The third kappa shape index (κ3) is 10.0. The van der Waals surface area contributed by atoms with E-state index in [-0.39, 0.29) is 28.0 Å². The predicted octanol–water partition coefficient (Wildman–Crippen LogP) is 6.75. The Morgan fingerprint density at radius 3 is 1.84 bits per heavy atom. The lowest BCUT2D eigenvalue weighted by atomic mass is 10.00. The summed E-state index contributed by atoms with van der Waals surface area (Å²) in [6, 6.07) is 24.8. The van der Waals surface area contributed by atoms with Crippen LogP contribution in [0.2, 0.25) is 0 Å². The number of carbonyl (C=O) groups excluding carboxylic acids is 1. The summed E-state index contributed by atoms with van der Waals surface area (Å²) >= 11 is 0. The summed E-state index contributed by atoms with van der Waals surface area (Å²) in [7, 11) is -7.45. The standard InChI is InChI=1S/C22H32N4O3S.C20H24N2O3S/c1-3-17-5-7-19(8-6-17)26(4-2)30(27,28)20-9-10-22(21(23)15-20)25(24)16-18-11-13-29-14-12-18;1-4-15-5-7-17(8-6-15)22(13-14(2)3)26(24,25)18-9-10-19-16(11-18)12-20(23)21-19/h5-10,15,18H,3-4,11-14,16,23-24H2,1-2H3;5-11,14H,4,12-13H2,1-3H3,(H,21,23). The molecule has 4 aromatic carbocycles. The van der Waals surface area contributed by atoms with Gasteiger partial charge in [0.1, 0.15) is 0 Å². The third-order valence-electron chi connectivity index (χ3n) is 10.1. The molecule has 2 heterocycles. The van der Waals surface area contributed by atoms with Gasteiger partial charge in [0.05, 0.1) is 39.0 Å². The van der Waals surface area contributed by atoms with Gasteiger partial charge in [0.25, 0.3) is 20.0 Å². The first-order valence-corrected chi connectivity index (χ1v) is 22.2. The highest BCUT2D eigenvalue weighted by Crippen LogP contribution is 2.32. The van der Waals surface area contributed by atoms with Gasteiger partial charge in [0.2, 0.25) is 5.91 Å². The van der Waals surface area contributed by atoms with E-state index >= 15 is 0 Å². The van der Waals surface area contributed by atoms with E-state index in [4.69, 9.17) is 16.3 Å². The Morgan fingerprint density at radius 2 is 1.30 bits per heavy atom. The topological polar surface area (TPSA) is 168 Å². The molecule has 1 amide bonds. The second-order valence-electron chi connectivity index (χ2n) is 14.6. The molecule has 6 rings (SSSR count). The number of hydrogen-bond acceptors (Lipinski definition) is 9. The van der Waals surface area contributed by atoms with Crippen LogP contribution in [0.5, 0.6) is 0 Å². The molecule has 0 unspecified atom stereocenters. The van der Waals surface area contributed by atoms with Crippen LogP contribution >= 0.6 is 0 Å². The van der Waals surface area contributed by atoms with Crippen LogP contribution in [0.1, 0.15) is 64.2 Å². The van der Waals surface area contributed by atoms with Crippen molar-refractivity contribution < 1.29 is 26.4 Å². The van der Waals surface area contributed by atoms with Gasteiger partial charge in [-0.05, 0) is 122 Å². The van der Waals surface area contributed by atoms with Crippen LogP contribution < -0.4 is 30.5 Å². The number of carbonyl (C=O) groups is 1. The SMILES string of the molecule is CCc1ccc(N(CC(C)C)S(=O)(=O)c2ccc3c(c2)CC(=O)N3)cc1.CCc1ccc(N(CC)S(=O)(=O)c2ccc(N(N)CC3CCOCC3)c(N)c2)cc1. The Labute approximate surface area is 332 Å². The van der Waals surface area contributed by atoms with Crippen molar-refractivity contribution in [2.75, 3.05) is 57.5 Å². The van der Waals surface area contributed by atoms with Crippen LogP contribution in [-0.4, -0.2) is 55.6 Å². The van der Waals surface area contributed by atoms with Gasteiger partial charge in [-0.2, -0.15) is 0 Å². The van der Waals surface area contributed by atoms with Gasteiger partial charge in [-0.15, -0.1) is 0 Å². The first kappa shape index (κ1) is 42.5. The van der Waals surface area contributed by atoms with Crippen molar-refractivity contribution in [1.82, 2.24) is 0 Å². The van der Waals surface area contributed by atoms with Crippen molar-refractivity contribution >= 4 is 54.4 Å². The van der Waals surface area contributed by atoms with E-state index in [1.165, 1.54) is 14.7 Å². The first-order valence-electron chi connectivity index (χ1n) is 19.3. The lowest BCUT2D eigenvalue weighted by molar-refractivity contribution is -0.115. The Bertz CT molecular complexity index is 2170. The van der Waals surface area contributed by atoms with Crippen LogP contribution in [0.25, 0.3) is 0 Å². The highest BCUT2D eigenvalue weighted by Gasteiger charge is 2.29. The zero-order valence-electron chi connectivity index (χ0n) is 33.1. The molecule has 302 valence electrons. The summed E-state index contributed by atoms with van der Waals surface area (Å²) in [6.07, 6.45) is 3.95. The molecule has 2 aliphatic heterocycles. The zero-order chi connectivity index (χ0) is 40.6. The molecular formula is C42H56N6O6S2. The summed E-state index contributed by atoms with van der Waals surface area (Å²) in [6.45, 7) is 12.8. The molecule has 0 radical (unpaired) electrons. The zero-order valence-corrected chi connectivity index (χ0v) is 34.7. The number of fused-ring (bicyclic) bond motifs is 1. The van der Waals surface area contributed by atoms with Crippen molar-refractivity contribution in [1.29, 1.82) is 0 Å². The van der Waals surface area contributed by atoms with Crippen LogP contribution in [0.15, 0.2) is 94.7 Å². The van der Waals surface area contributed by atoms with E-state index in [1.807, 2.05) is 69.3 Å². The average molecular weight is 805 g/mol. The minimum Gasteiger partial charge on any atom is -0.397 e.